The Hall–Kier alpha value is -0.650. The van der Waals surface area contributed by atoms with E-state index in [1.165, 1.54) is 20.0 Å². The molecule has 0 saturated carbocycles. The molecule has 0 aliphatic carbocycles. The summed E-state index contributed by atoms with van der Waals surface area (Å²) in [5.74, 6) is -0.337. The van der Waals surface area contributed by atoms with E-state index in [-0.39, 0.29) is 5.97 Å². The summed E-state index contributed by atoms with van der Waals surface area (Å²) >= 11 is 0. The standard InChI is InChI=1S/C11H23N3O2/c1-13-6-4-5-9(7-13)14(2)8-10(12)11(15)16-3/h9-10H,4-8,12H2,1-3H3. The van der Waals surface area contributed by atoms with Crippen molar-refractivity contribution >= 4 is 5.97 Å². The van der Waals surface area contributed by atoms with Crippen LogP contribution in [0.2, 0.25) is 0 Å². The van der Waals surface area contributed by atoms with Gasteiger partial charge in [-0.15, -0.1) is 0 Å². The quantitative estimate of drug-likeness (QED) is 0.659. The molecular weight excluding hydrogens is 206 g/mol. The second kappa shape index (κ2) is 6.18. The van der Waals surface area contributed by atoms with E-state index in [9.17, 15) is 4.79 Å². The highest BCUT2D eigenvalue weighted by Gasteiger charge is 2.24. The smallest absolute Gasteiger partial charge is 0.323 e. The molecule has 0 bridgehead atoms. The second-order valence-corrected chi connectivity index (χ2v) is 4.63. The SMILES string of the molecule is COC(=O)C(N)CN(C)C1CCCN(C)C1. The Bertz CT molecular complexity index is 235. The van der Waals surface area contributed by atoms with Crippen molar-refractivity contribution in [1.82, 2.24) is 9.80 Å². The van der Waals surface area contributed by atoms with Crippen LogP contribution >= 0.6 is 0 Å². The lowest BCUT2D eigenvalue weighted by Gasteiger charge is -2.36. The zero-order valence-corrected chi connectivity index (χ0v) is 10.5. The van der Waals surface area contributed by atoms with Gasteiger partial charge in [-0.3, -0.25) is 4.79 Å². The van der Waals surface area contributed by atoms with Gasteiger partial charge in [0.15, 0.2) is 0 Å². The van der Waals surface area contributed by atoms with Gasteiger partial charge in [0.1, 0.15) is 6.04 Å². The largest absolute Gasteiger partial charge is 0.468 e. The molecule has 94 valence electrons. The molecular formula is C11H23N3O2. The number of esters is 1. The van der Waals surface area contributed by atoms with Crippen molar-refractivity contribution in [2.45, 2.75) is 24.9 Å². The lowest BCUT2D eigenvalue weighted by Crippen LogP contribution is -2.50. The minimum absolute atomic E-state index is 0.337. The molecule has 5 heteroatoms. The predicted octanol–water partition coefficient (Wildman–Crippen LogP) is -0.487. The Kier molecular flexibility index (Phi) is 5.18. The summed E-state index contributed by atoms with van der Waals surface area (Å²) in [5.41, 5.74) is 5.74. The Morgan fingerprint density at radius 1 is 1.69 bits per heavy atom. The summed E-state index contributed by atoms with van der Waals surface area (Å²) < 4.78 is 4.62. The highest BCUT2D eigenvalue weighted by Crippen LogP contribution is 2.13. The minimum Gasteiger partial charge on any atom is -0.468 e. The monoisotopic (exact) mass is 229 g/mol. The molecule has 16 heavy (non-hydrogen) atoms. The number of carbonyl (C=O) groups is 1. The van der Waals surface area contributed by atoms with Crippen molar-refractivity contribution in [3.63, 3.8) is 0 Å². The molecule has 1 fully saturated rings. The van der Waals surface area contributed by atoms with E-state index < -0.39 is 6.04 Å². The van der Waals surface area contributed by atoms with Gasteiger partial charge >= 0.3 is 5.97 Å². The first kappa shape index (κ1) is 13.4. The van der Waals surface area contributed by atoms with E-state index >= 15 is 0 Å². The van der Waals surface area contributed by atoms with Crippen LogP contribution in [0.25, 0.3) is 0 Å². The molecule has 1 rings (SSSR count). The van der Waals surface area contributed by atoms with Crippen LogP contribution in [-0.2, 0) is 9.53 Å². The van der Waals surface area contributed by atoms with E-state index in [0.29, 0.717) is 12.6 Å². The van der Waals surface area contributed by atoms with Gasteiger partial charge < -0.3 is 20.3 Å². The summed E-state index contributed by atoms with van der Waals surface area (Å²) in [4.78, 5) is 15.7. The molecule has 0 aromatic carbocycles. The molecule has 1 aliphatic heterocycles. The number of likely N-dealkylation sites (tertiary alicyclic amines) is 1. The molecule has 0 radical (unpaired) electrons. The second-order valence-electron chi connectivity index (χ2n) is 4.63. The Balaban J connectivity index is 2.38. The van der Waals surface area contributed by atoms with Crippen LogP contribution in [0.15, 0.2) is 0 Å². The Morgan fingerprint density at radius 3 is 2.94 bits per heavy atom. The van der Waals surface area contributed by atoms with Gasteiger partial charge in [0.05, 0.1) is 7.11 Å². The number of hydrogen-bond acceptors (Lipinski definition) is 5. The maximum atomic E-state index is 11.2. The fourth-order valence-corrected chi connectivity index (χ4v) is 2.18. The van der Waals surface area contributed by atoms with Crippen LogP contribution in [0.1, 0.15) is 12.8 Å². The molecule has 1 heterocycles. The van der Waals surface area contributed by atoms with Crippen LogP contribution in [0.5, 0.6) is 0 Å². The number of nitrogens with zero attached hydrogens (tertiary/aromatic N) is 2. The first-order valence-corrected chi connectivity index (χ1v) is 5.76. The van der Waals surface area contributed by atoms with Crippen LogP contribution in [-0.4, -0.2) is 68.7 Å². The van der Waals surface area contributed by atoms with Gasteiger partial charge in [-0.1, -0.05) is 0 Å². The average Bonchev–Trinajstić information content (AvgIpc) is 2.27. The third-order valence-corrected chi connectivity index (χ3v) is 3.21. The number of ether oxygens (including phenoxy) is 1. The molecule has 2 unspecified atom stereocenters. The van der Waals surface area contributed by atoms with Gasteiger partial charge in [0, 0.05) is 19.1 Å². The zero-order chi connectivity index (χ0) is 12.1. The summed E-state index contributed by atoms with van der Waals surface area (Å²) in [6, 6.07) is -0.0447. The lowest BCUT2D eigenvalue weighted by atomic mass is 10.0. The molecule has 0 aromatic heterocycles. The topological polar surface area (TPSA) is 58.8 Å². The molecule has 1 saturated heterocycles. The molecule has 5 nitrogen and oxygen atoms in total. The van der Waals surface area contributed by atoms with Crippen molar-refractivity contribution < 1.29 is 9.53 Å². The summed E-state index contributed by atoms with van der Waals surface area (Å²) in [5, 5.41) is 0. The van der Waals surface area contributed by atoms with E-state index in [4.69, 9.17) is 5.73 Å². The van der Waals surface area contributed by atoms with Gasteiger partial charge in [0.25, 0.3) is 0 Å². The lowest BCUT2D eigenvalue weighted by molar-refractivity contribution is -0.142. The molecule has 2 atom stereocenters. The highest BCUT2D eigenvalue weighted by atomic mass is 16.5. The summed E-state index contributed by atoms with van der Waals surface area (Å²) in [6.45, 7) is 2.77. The maximum absolute atomic E-state index is 11.2. The Labute approximate surface area is 97.5 Å². The van der Waals surface area contributed by atoms with Crippen molar-refractivity contribution in [1.29, 1.82) is 0 Å². The van der Waals surface area contributed by atoms with Gasteiger partial charge in [0.2, 0.25) is 0 Å². The van der Waals surface area contributed by atoms with Crippen molar-refractivity contribution in [3.8, 4) is 0 Å². The number of nitrogens with two attached hydrogens (primary N) is 1. The number of rotatable bonds is 4. The normalized spacial score (nSPS) is 24.4. The van der Waals surface area contributed by atoms with Crippen molar-refractivity contribution in [3.05, 3.63) is 0 Å². The first-order chi connectivity index (χ1) is 7.54. The first-order valence-electron chi connectivity index (χ1n) is 5.76. The molecule has 2 N–H and O–H groups in total. The number of piperidine rings is 1. The van der Waals surface area contributed by atoms with Crippen molar-refractivity contribution in [2.75, 3.05) is 40.8 Å². The fraction of sp³-hybridized carbons (Fsp3) is 0.909. The summed E-state index contributed by atoms with van der Waals surface area (Å²) in [7, 11) is 5.52. The van der Waals surface area contributed by atoms with E-state index in [2.05, 4.69) is 21.6 Å². The van der Waals surface area contributed by atoms with Crippen LogP contribution < -0.4 is 5.73 Å². The summed E-state index contributed by atoms with van der Waals surface area (Å²) in [6.07, 6.45) is 2.38. The van der Waals surface area contributed by atoms with E-state index in [1.807, 2.05) is 7.05 Å². The molecule has 0 spiro atoms. The highest BCUT2D eigenvalue weighted by molar-refractivity contribution is 5.75. The van der Waals surface area contributed by atoms with Gasteiger partial charge in [-0.05, 0) is 33.5 Å². The fourth-order valence-electron chi connectivity index (χ4n) is 2.18. The Morgan fingerprint density at radius 2 is 2.38 bits per heavy atom. The van der Waals surface area contributed by atoms with Crippen LogP contribution in [0.3, 0.4) is 0 Å². The molecule has 1 aliphatic rings. The number of hydrogen-bond donors (Lipinski definition) is 1. The third-order valence-electron chi connectivity index (χ3n) is 3.21. The zero-order valence-electron chi connectivity index (χ0n) is 10.5. The van der Waals surface area contributed by atoms with Crippen molar-refractivity contribution in [2.24, 2.45) is 5.73 Å². The van der Waals surface area contributed by atoms with Gasteiger partial charge in [-0.25, -0.2) is 0 Å². The van der Waals surface area contributed by atoms with Crippen LogP contribution in [0, 0.1) is 0 Å². The number of likely N-dealkylation sites (N-methyl/N-ethyl adjacent to an activating group) is 2. The number of methoxy groups -OCH3 is 1. The number of carbonyl (C=O) groups excluding carboxylic acids is 1. The maximum Gasteiger partial charge on any atom is 0.323 e. The van der Waals surface area contributed by atoms with Crippen LogP contribution in [0.4, 0.5) is 0 Å². The van der Waals surface area contributed by atoms with E-state index in [1.54, 1.807) is 0 Å². The van der Waals surface area contributed by atoms with Gasteiger partial charge in [-0.2, -0.15) is 0 Å². The average molecular weight is 229 g/mol. The third kappa shape index (κ3) is 3.73. The molecule has 0 aromatic rings. The predicted molar refractivity (Wildman–Crippen MR) is 63.1 cm³/mol. The minimum atomic E-state index is -0.540. The molecule has 0 amide bonds. The van der Waals surface area contributed by atoms with E-state index in [0.717, 1.165) is 13.1 Å².